The number of allylic oxidation sites excluding steroid dienone is 1. The molecule has 2 atom stereocenters. The molecule has 2 aromatic carbocycles. The molecular weight excluding hydrogens is 375 g/mol. The van der Waals surface area contributed by atoms with Crippen LogP contribution in [-0.2, 0) is 5.41 Å². The summed E-state index contributed by atoms with van der Waals surface area (Å²) in [7, 11) is 0. The van der Waals surface area contributed by atoms with Crippen LogP contribution in [0.15, 0.2) is 59.9 Å². The molecule has 1 aromatic heterocycles. The Balaban J connectivity index is 1.74. The van der Waals surface area contributed by atoms with E-state index in [-0.39, 0.29) is 17.3 Å². The van der Waals surface area contributed by atoms with E-state index in [0.29, 0.717) is 17.3 Å². The van der Waals surface area contributed by atoms with Crippen molar-refractivity contribution in [1.82, 2.24) is 9.97 Å². The van der Waals surface area contributed by atoms with Gasteiger partial charge in [-0.05, 0) is 66.6 Å². The Bertz CT molecular complexity index is 1160. The van der Waals surface area contributed by atoms with Crippen molar-refractivity contribution in [2.45, 2.75) is 44.1 Å². The molecule has 2 N–H and O–H groups in total. The first-order chi connectivity index (χ1) is 14.6. The van der Waals surface area contributed by atoms with Crippen LogP contribution in [0.1, 0.15) is 48.4 Å². The first-order valence-electron chi connectivity index (χ1n) is 10.6. The Labute approximate surface area is 175 Å². The molecule has 2 unspecified atom stereocenters. The van der Waals surface area contributed by atoms with Gasteiger partial charge in [-0.2, -0.15) is 0 Å². The minimum atomic E-state index is -0.314. The molecule has 0 saturated heterocycles. The number of aryl methyl sites for hydroxylation is 1. The molecule has 5 heteroatoms. The Morgan fingerprint density at radius 2 is 1.90 bits per heavy atom. The maximum Gasteiger partial charge on any atom is 0.134 e. The van der Waals surface area contributed by atoms with Crippen molar-refractivity contribution < 1.29 is 4.39 Å². The summed E-state index contributed by atoms with van der Waals surface area (Å²) in [6.45, 7) is 1.81. The predicted molar refractivity (Wildman–Crippen MR) is 119 cm³/mol. The largest absolute Gasteiger partial charge is 0.383 e. The molecule has 1 aliphatic heterocycles. The number of halogens is 1. The summed E-state index contributed by atoms with van der Waals surface area (Å²) in [4.78, 5) is 13.5. The highest BCUT2D eigenvalue weighted by Crippen LogP contribution is 2.53. The number of fused-ring (bicyclic) bond motifs is 1. The number of dihydropyridines is 1. The first kappa shape index (κ1) is 18.9. The molecule has 152 valence electrons. The number of rotatable bonds is 3. The number of hydrogen-bond donors (Lipinski definition) is 1. The molecule has 1 aliphatic carbocycles. The van der Waals surface area contributed by atoms with Crippen molar-refractivity contribution in [2.75, 3.05) is 5.73 Å². The van der Waals surface area contributed by atoms with Crippen LogP contribution in [0, 0.1) is 18.7 Å². The number of hydrogen-bond acceptors (Lipinski definition) is 4. The third-order valence-corrected chi connectivity index (χ3v) is 6.84. The SMILES string of the molecule is Cc1cc(C2N=CC=CC2(c2ccc3ncnc(N)c3c2)C2CCCC2)ccc1F. The van der Waals surface area contributed by atoms with E-state index >= 15 is 0 Å². The van der Waals surface area contributed by atoms with E-state index in [9.17, 15) is 4.39 Å². The zero-order valence-corrected chi connectivity index (χ0v) is 17.1. The molecule has 1 saturated carbocycles. The zero-order chi connectivity index (χ0) is 20.7. The lowest BCUT2D eigenvalue weighted by atomic mass is 9.62. The van der Waals surface area contributed by atoms with Gasteiger partial charge in [0.25, 0.3) is 0 Å². The molecular formula is C25H25FN4. The van der Waals surface area contributed by atoms with E-state index in [2.05, 4.69) is 34.3 Å². The van der Waals surface area contributed by atoms with Crippen LogP contribution < -0.4 is 5.73 Å². The summed E-state index contributed by atoms with van der Waals surface area (Å²) in [5.41, 5.74) is 9.58. The second kappa shape index (κ2) is 7.31. The predicted octanol–water partition coefficient (Wildman–Crippen LogP) is 5.47. The minimum Gasteiger partial charge on any atom is -0.383 e. The monoisotopic (exact) mass is 400 g/mol. The van der Waals surface area contributed by atoms with E-state index in [4.69, 9.17) is 10.7 Å². The van der Waals surface area contributed by atoms with Crippen molar-refractivity contribution in [3.63, 3.8) is 0 Å². The number of nitrogens with zero attached hydrogens (tertiary/aromatic N) is 3. The van der Waals surface area contributed by atoms with Crippen molar-refractivity contribution in [3.05, 3.63) is 77.4 Å². The van der Waals surface area contributed by atoms with Crippen molar-refractivity contribution in [1.29, 1.82) is 0 Å². The number of anilines is 1. The van der Waals surface area contributed by atoms with Crippen LogP contribution >= 0.6 is 0 Å². The lowest BCUT2D eigenvalue weighted by molar-refractivity contribution is 0.283. The minimum absolute atomic E-state index is 0.117. The van der Waals surface area contributed by atoms with E-state index in [1.165, 1.54) is 24.7 Å². The fourth-order valence-electron chi connectivity index (χ4n) is 5.35. The second-order valence-electron chi connectivity index (χ2n) is 8.47. The van der Waals surface area contributed by atoms with Crippen LogP contribution in [0.3, 0.4) is 0 Å². The van der Waals surface area contributed by atoms with E-state index in [1.807, 2.05) is 31.3 Å². The Morgan fingerprint density at radius 1 is 1.07 bits per heavy atom. The highest BCUT2D eigenvalue weighted by molar-refractivity contribution is 5.88. The third-order valence-electron chi connectivity index (χ3n) is 6.84. The van der Waals surface area contributed by atoms with Gasteiger partial charge in [0.05, 0.1) is 11.6 Å². The zero-order valence-electron chi connectivity index (χ0n) is 17.1. The van der Waals surface area contributed by atoms with Crippen molar-refractivity contribution >= 4 is 22.9 Å². The smallest absolute Gasteiger partial charge is 0.134 e. The Kier molecular flexibility index (Phi) is 4.61. The summed E-state index contributed by atoms with van der Waals surface area (Å²) in [6.07, 6.45) is 12.5. The maximum absolute atomic E-state index is 14.0. The van der Waals surface area contributed by atoms with Gasteiger partial charge in [0.2, 0.25) is 0 Å². The summed E-state index contributed by atoms with van der Waals surface area (Å²) in [6, 6.07) is 11.6. The lowest BCUT2D eigenvalue weighted by Gasteiger charge is -2.44. The molecule has 0 amide bonds. The average molecular weight is 401 g/mol. The quantitative estimate of drug-likeness (QED) is 0.634. The summed E-state index contributed by atoms with van der Waals surface area (Å²) < 4.78 is 14.0. The fraction of sp³-hybridized carbons (Fsp3) is 0.320. The molecule has 2 aliphatic rings. The summed E-state index contributed by atoms with van der Waals surface area (Å²) in [5, 5.41) is 0.865. The standard InChI is InChI=1S/C25H25FN4/c1-16-13-17(7-9-21(16)26)23-25(11-4-12-28-23,18-5-2-3-6-18)19-8-10-22-20(14-19)24(27)30-15-29-22/h4,7-15,18,23H,2-3,5-6H2,1H3,(H2,27,29,30). The van der Waals surface area contributed by atoms with Crippen LogP contribution in [0.5, 0.6) is 0 Å². The third kappa shape index (κ3) is 2.92. The van der Waals surface area contributed by atoms with E-state index < -0.39 is 0 Å². The highest BCUT2D eigenvalue weighted by atomic mass is 19.1. The second-order valence-corrected chi connectivity index (χ2v) is 8.47. The van der Waals surface area contributed by atoms with Crippen molar-refractivity contribution in [2.24, 2.45) is 10.9 Å². The Morgan fingerprint density at radius 3 is 2.70 bits per heavy atom. The van der Waals surface area contributed by atoms with Crippen LogP contribution in [-0.4, -0.2) is 16.2 Å². The lowest BCUT2D eigenvalue weighted by Crippen LogP contribution is -2.39. The molecule has 4 nitrogen and oxygen atoms in total. The van der Waals surface area contributed by atoms with E-state index in [1.54, 1.807) is 6.07 Å². The van der Waals surface area contributed by atoms with Gasteiger partial charge in [0.1, 0.15) is 18.0 Å². The van der Waals surface area contributed by atoms with Crippen LogP contribution in [0.25, 0.3) is 10.9 Å². The van der Waals surface area contributed by atoms with Gasteiger partial charge in [-0.25, -0.2) is 14.4 Å². The molecule has 5 rings (SSSR count). The van der Waals surface area contributed by atoms with Gasteiger partial charge < -0.3 is 5.73 Å². The van der Waals surface area contributed by atoms with Gasteiger partial charge >= 0.3 is 0 Å². The van der Waals surface area contributed by atoms with Crippen molar-refractivity contribution in [3.8, 4) is 0 Å². The number of nitrogens with two attached hydrogens (primary N) is 1. The average Bonchev–Trinajstić information content (AvgIpc) is 3.31. The molecule has 1 fully saturated rings. The number of aromatic nitrogens is 2. The number of nitrogen functional groups attached to an aromatic ring is 1. The fourth-order valence-corrected chi connectivity index (χ4v) is 5.35. The molecule has 0 spiro atoms. The number of benzene rings is 2. The maximum atomic E-state index is 14.0. The normalized spacial score (nSPS) is 24.0. The molecule has 0 bridgehead atoms. The van der Waals surface area contributed by atoms with E-state index in [0.717, 1.165) is 29.3 Å². The topological polar surface area (TPSA) is 64.2 Å². The van der Waals surface area contributed by atoms with Gasteiger partial charge in [0, 0.05) is 17.0 Å². The molecule has 3 aromatic rings. The molecule has 0 radical (unpaired) electrons. The Hall–Kier alpha value is -3.08. The molecule has 2 heterocycles. The van der Waals surface area contributed by atoms with Crippen LogP contribution in [0.4, 0.5) is 10.2 Å². The summed E-state index contributed by atoms with van der Waals surface area (Å²) >= 11 is 0. The van der Waals surface area contributed by atoms with Gasteiger partial charge in [-0.15, -0.1) is 0 Å². The first-order valence-corrected chi connectivity index (χ1v) is 10.6. The number of aliphatic imine (C=N–C) groups is 1. The van der Waals surface area contributed by atoms with Gasteiger partial charge in [-0.3, -0.25) is 4.99 Å². The van der Waals surface area contributed by atoms with Gasteiger partial charge in [-0.1, -0.05) is 37.1 Å². The van der Waals surface area contributed by atoms with Gasteiger partial charge in [0.15, 0.2) is 0 Å². The van der Waals surface area contributed by atoms with Crippen LogP contribution in [0.2, 0.25) is 0 Å². The molecule has 30 heavy (non-hydrogen) atoms. The highest BCUT2D eigenvalue weighted by Gasteiger charge is 2.47. The summed E-state index contributed by atoms with van der Waals surface area (Å²) in [5.74, 6) is 0.752.